The van der Waals surface area contributed by atoms with Crippen molar-refractivity contribution in [2.75, 3.05) is 27.2 Å². The van der Waals surface area contributed by atoms with Crippen LogP contribution in [-0.4, -0.2) is 42.5 Å². The van der Waals surface area contributed by atoms with Crippen molar-refractivity contribution in [3.63, 3.8) is 0 Å². The Balaban J connectivity index is 1.61. The maximum atomic E-state index is 13.3. The molecule has 6 heteroatoms. The summed E-state index contributed by atoms with van der Waals surface area (Å²) in [6.45, 7) is 3.40. The first-order valence-electron chi connectivity index (χ1n) is 11.1. The summed E-state index contributed by atoms with van der Waals surface area (Å²) in [5.41, 5.74) is 3.19. The van der Waals surface area contributed by atoms with Crippen LogP contribution in [0.25, 0.3) is 0 Å². The van der Waals surface area contributed by atoms with Crippen LogP contribution in [0.3, 0.4) is 0 Å². The van der Waals surface area contributed by atoms with Gasteiger partial charge in [0.1, 0.15) is 6.54 Å². The van der Waals surface area contributed by atoms with Crippen LogP contribution in [0, 0.1) is 0 Å². The summed E-state index contributed by atoms with van der Waals surface area (Å²) in [6, 6.07) is 24.4. The van der Waals surface area contributed by atoms with Gasteiger partial charge in [-0.2, -0.15) is 0 Å². The van der Waals surface area contributed by atoms with Crippen molar-refractivity contribution in [1.29, 1.82) is 0 Å². The molecule has 3 aromatic rings. The number of hydrogen-bond acceptors (Lipinski definition) is 1. The highest BCUT2D eigenvalue weighted by molar-refractivity contribution is 9.11. The quantitative estimate of drug-likeness (QED) is 0.165. The van der Waals surface area contributed by atoms with E-state index in [4.69, 9.17) is 0 Å². The highest BCUT2D eigenvalue weighted by Gasteiger charge is 2.19. The van der Waals surface area contributed by atoms with Crippen LogP contribution in [-0.2, 0) is 13.1 Å². The average molecular weight is 638 g/mol. The van der Waals surface area contributed by atoms with E-state index in [-0.39, 0.29) is 5.91 Å². The summed E-state index contributed by atoms with van der Waals surface area (Å²) in [5.74, 6) is 0.0721. The van der Waals surface area contributed by atoms with E-state index in [1.807, 2.05) is 41.3 Å². The van der Waals surface area contributed by atoms with Crippen LogP contribution in [0.2, 0.25) is 0 Å². The molecule has 3 aromatic carbocycles. The third-order valence-corrected chi connectivity index (χ3v) is 7.16. The number of carbonyl (C=O) groups excluding carboxylic acids is 1. The molecule has 3 nitrogen and oxygen atoms in total. The third kappa shape index (κ3) is 8.67. The molecule has 0 unspecified atom stereocenters. The van der Waals surface area contributed by atoms with Gasteiger partial charge in [0.05, 0.1) is 20.6 Å². The normalized spacial score (nSPS) is 11.4. The van der Waals surface area contributed by atoms with Crippen molar-refractivity contribution in [3.05, 3.63) is 103 Å². The molecule has 0 saturated heterocycles. The lowest BCUT2D eigenvalue weighted by molar-refractivity contribution is -0.903. The van der Waals surface area contributed by atoms with Crippen LogP contribution >= 0.6 is 47.8 Å². The second kappa shape index (κ2) is 12.3. The van der Waals surface area contributed by atoms with Gasteiger partial charge in [-0.05, 0) is 60.9 Å². The molecule has 0 aliphatic heterocycles. The number of unbranched alkanes of at least 4 members (excludes halogenated alkanes) is 1. The van der Waals surface area contributed by atoms with Crippen molar-refractivity contribution in [2.45, 2.75) is 25.9 Å². The average Bonchev–Trinajstić information content (AvgIpc) is 2.78. The molecular weight excluding hydrogens is 608 g/mol. The minimum absolute atomic E-state index is 0.0721. The molecule has 3 rings (SSSR count). The summed E-state index contributed by atoms with van der Waals surface area (Å²) in [6.07, 6.45) is 2.03. The molecule has 174 valence electrons. The lowest BCUT2D eigenvalue weighted by atomic mass is 10.1. The Bertz CT molecular complexity index is 1050. The number of rotatable bonds is 10. The van der Waals surface area contributed by atoms with Crippen molar-refractivity contribution in [2.24, 2.45) is 0 Å². The van der Waals surface area contributed by atoms with Crippen LogP contribution in [0.5, 0.6) is 0 Å². The smallest absolute Gasteiger partial charge is 0.254 e. The van der Waals surface area contributed by atoms with Gasteiger partial charge in [-0.1, -0.05) is 78.1 Å². The first kappa shape index (κ1) is 26.1. The highest BCUT2D eigenvalue weighted by atomic mass is 79.9. The van der Waals surface area contributed by atoms with E-state index in [1.165, 1.54) is 5.56 Å². The topological polar surface area (TPSA) is 20.3 Å². The van der Waals surface area contributed by atoms with Crippen LogP contribution in [0.4, 0.5) is 0 Å². The van der Waals surface area contributed by atoms with E-state index >= 15 is 0 Å². The van der Waals surface area contributed by atoms with Gasteiger partial charge >= 0.3 is 0 Å². The molecule has 0 fully saturated rings. The first-order chi connectivity index (χ1) is 15.7. The van der Waals surface area contributed by atoms with Crippen LogP contribution in [0.1, 0.15) is 34.3 Å². The Morgan fingerprint density at radius 1 is 0.788 bits per heavy atom. The maximum Gasteiger partial charge on any atom is 0.254 e. The fraction of sp³-hybridized carbons (Fsp3) is 0.296. The van der Waals surface area contributed by atoms with E-state index in [0.29, 0.717) is 12.1 Å². The largest absolute Gasteiger partial charge is 0.334 e. The maximum absolute atomic E-state index is 13.3. The molecule has 0 aromatic heterocycles. The molecule has 0 spiro atoms. The van der Waals surface area contributed by atoms with Gasteiger partial charge in [0, 0.05) is 37.6 Å². The number of benzene rings is 3. The summed E-state index contributed by atoms with van der Waals surface area (Å²) >= 11 is 10.5. The van der Waals surface area contributed by atoms with Gasteiger partial charge in [-0.3, -0.25) is 4.79 Å². The second-order valence-corrected chi connectivity index (χ2v) is 11.8. The molecule has 0 aliphatic rings. The lowest BCUT2D eigenvalue weighted by Crippen LogP contribution is -2.40. The molecule has 0 aliphatic carbocycles. The molecule has 0 saturated carbocycles. The number of amides is 1. The SMILES string of the molecule is C[N+](C)(CCCCN(Cc1ccc(Br)cc1)C(=O)c1cccc(Br)c1)Cc1ccc(Br)cc1. The summed E-state index contributed by atoms with van der Waals surface area (Å²) in [4.78, 5) is 15.3. The molecule has 0 heterocycles. The zero-order chi connectivity index (χ0) is 23.8. The van der Waals surface area contributed by atoms with Crippen molar-refractivity contribution < 1.29 is 9.28 Å². The van der Waals surface area contributed by atoms with Crippen LogP contribution in [0.15, 0.2) is 86.2 Å². The van der Waals surface area contributed by atoms with Crippen LogP contribution < -0.4 is 0 Å². The second-order valence-electron chi connectivity index (χ2n) is 9.01. The Kier molecular flexibility index (Phi) is 9.74. The standard InChI is InChI=1S/C27H30Br3N2O/c1-32(2,20-22-10-14-25(29)15-11-22)17-4-3-16-31(19-21-8-12-24(28)13-9-21)27(33)23-6-5-7-26(30)18-23/h5-15,18H,3-4,16-17,19-20H2,1-2H3/q+1. The number of nitrogens with zero attached hydrogens (tertiary/aromatic N) is 2. The van der Waals surface area contributed by atoms with E-state index < -0.39 is 0 Å². The fourth-order valence-corrected chi connectivity index (χ4v) is 4.80. The minimum atomic E-state index is 0.0721. The molecule has 33 heavy (non-hydrogen) atoms. The van der Waals surface area contributed by atoms with Gasteiger partial charge in [-0.15, -0.1) is 0 Å². The summed E-state index contributed by atoms with van der Waals surface area (Å²) in [7, 11) is 4.54. The Hall–Kier alpha value is -1.47. The van der Waals surface area contributed by atoms with Crippen molar-refractivity contribution in [3.8, 4) is 0 Å². The molecule has 0 bridgehead atoms. The zero-order valence-electron chi connectivity index (χ0n) is 19.1. The van der Waals surface area contributed by atoms with Gasteiger partial charge in [0.2, 0.25) is 0 Å². The predicted octanol–water partition coefficient (Wildman–Crippen LogP) is 7.67. The van der Waals surface area contributed by atoms with Gasteiger partial charge in [0.25, 0.3) is 5.91 Å². The highest BCUT2D eigenvalue weighted by Crippen LogP contribution is 2.19. The van der Waals surface area contributed by atoms with E-state index in [0.717, 1.165) is 55.9 Å². The summed E-state index contributed by atoms with van der Waals surface area (Å²) < 4.78 is 4.00. The first-order valence-corrected chi connectivity index (χ1v) is 13.5. The third-order valence-electron chi connectivity index (χ3n) is 5.61. The molecule has 0 N–H and O–H groups in total. The molecular formula is C27H30Br3N2O+. The molecule has 1 amide bonds. The van der Waals surface area contributed by atoms with E-state index in [2.05, 4.69) is 98.3 Å². The number of hydrogen-bond donors (Lipinski definition) is 0. The minimum Gasteiger partial charge on any atom is -0.334 e. The lowest BCUT2D eigenvalue weighted by Gasteiger charge is -2.30. The van der Waals surface area contributed by atoms with Crippen molar-refractivity contribution >= 4 is 53.7 Å². The summed E-state index contributed by atoms with van der Waals surface area (Å²) in [5, 5.41) is 0. The Labute approximate surface area is 222 Å². The number of carbonyl (C=O) groups is 1. The monoisotopic (exact) mass is 635 g/mol. The van der Waals surface area contributed by atoms with Gasteiger partial charge in [0.15, 0.2) is 0 Å². The Morgan fingerprint density at radius 2 is 1.39 bits per heavy atom. The fourth-order valence-electron chi connectivity index (χ4n) is 3.87. The van der Waals surface area contributed by atoms with Gasteiger partial charge in [-0.25, -0.2) is 0 Å². The Morgan fingerprint density at radius 3 is 2.00 bits per heavy atom. The number of halogens is 3. The number of quaternary nitrogens is 1. The van der Waals surface area contributed by atoms with E-state index in [9.17, 15) is 4.79 Å². The molecule has 0 radical (unpaired) electrons. The van der Waals surface area contributed by atoms with Gasteiger partial charge < -0.3 is 9.38 Å². The van der Waals surface area contributed by atoms with E-state index in [1.54, 1.807) is 0 Å². The molecule has 0 atom stereocenters. The van der Waals surface area contributed by atoms with Crippen molar-refractivity contribution in [1.82, 2.24) is 4.90 Å². The zero-order valence-corrected chi connectivity index (χ0v) is 23.9. The predicted molar refractivity (Wildman–Crippen MR) is 147 cm³/mol.